The molecular formula is C22H20Cl2N2O4. The highest BCUT2D eigenvalue weighted by Crippen LogP contribution is 2.30. The molecule has 0 saturated carbocycles. The topological polar surface area (TPSA) is 92.4 Å². The SMILES string of the molecule is CC(C)c1oc(-c2ccccc2)nc1C(=O)NC(CC(=O)O)c1ccc(Cl)cc1Cl. The summed E-state index contributed by atoms with van der Waals surface area (Å²) in [5.41, 5.74) is 1.31. The molecule has 30 heavy (non-hydrogen) atoms. The van der Waals surface area contributed by atoms with Gasteiger partial charge in [0.1, 0.15) is 5.76 Å². The van der Waals surface area contributed by atoms with E-state index in [2.05, 4.69) is 10.3 Å². The molecule has 0 aliphatic rings. The average Bonchev–Trinajstić information content (AvgIpc) is 3.14. The average molecular weight is 447 g/mol. The molecule has 0 aliphatic heterocycles. The number of benzene rings is 2. The van der Waals surface area contributed by atoms with Crippen LogP contribution in [-0.2, 0) is 4.79 Å². The number of nitrogens with zero attached hydrogens (tertiary/aromatic N) is 1. The number of aromatic nitrogens is 1. The minimum absolute atomic E-state index is 0.104. The summed E-state index contributed by atoms with van der Waals surface area (Å²) in [6, 6.07) is 13.1. The van der Waals surface area contributed by atoms with Crippen LogP contribution in [0.5, 0.6) is 0 Å². The molecule has 8 heteroatoms. The van der Waals surface area contributed by atoms with E-state index < -0.39 is 17.9 Å². The number of carboxylic acids is 1. The summed E-state index contributed by atoms with van der Waals surface area (Å²) in [6.07, 6.45) is -0.354. The molecule has 0 saturated heterocycles. The lowest BCUT2D eigenvalue weighted by molar-refractivity contribution is -0.137. The lowest BCUT2D eigenvalue weighted by Gasteiger charge is -2.18. The molecule has 1 amide bonds. The number of aliphatic carboxylic acids is 1. The van der Waals surface area contributed by atoms with Gasteiger partial charge < -0.3 is 14.8 Å². The number of carbonyl (C=O) groups excluding carboxylic acids is 1. The zero-order chi connectivity index (χ0) is 21.8. The molecule has 1 atom stereocenters. The van der Waals surface area contributed by atoms with Gasteiger partial charge >= 0.3 is 5.97 Å². The highest BCUT2D eigenvalue weighted by molar-refractivity contribution is 6.35. The number of halogens is 2. The van der Waals surface area contributed by atoms with Crippen molar-refractivity contribution >= 4 is 35.1 Å². The van der Waals surface area contributed by atoms with Crippen molar-refractivity contribution in [1.29, 1.82) is 0 Å². The minimum Gasteiger partial charge on any atom is -0.481 e. The van der Waals surface area contributed by atoms with Crippen LogP contribution < -0.4 is 5.32 Å². The molecule has 2 N–H and O–H groups in total. The van der Waals surface area contributed by atoms with E-state index >= 15 is 0 Å². The Labute approximate surface area is 183 Å². The number of hydrogen-bond donors (Lipinski definition) is 2. The van der Waals surface area contributed by atoms with Crippen LogP contribution in [0.25, 0.3) is 11.5 Å². The van der Waals surface area contributed by atoms with Crippen molar-refractivity contribution in [2.45, 2.75) is 32.2 Å². The zero-order valence-electron chi connectivity index (χ0n) is 16.4. The summed E-state index contributed by atoms with van der Waals surface area (Å²) in [5.74, 6) is -0.985. The maximum absolute atomic E-state index is 13.1. The van der Waals surface area contributed by atoms with E-state index in [1.165, 1.54) is 6.07 Å². The summed E-state index contributed by atoms with van der Waals surface area (Å²) in [4.78, 5) is 28.8. The molecular weight excluding hydrogens is 427 g/mol. The summed E-state index contributed by atoms with van der Waals surface area (Å²) in [6.45, 7) is 3.77. The van der Waals surface area contributed by atoms with Crippen LogP contribution in [0, 0.1) is 0 Å². The van der Waals surface area contributed by atoms with Crippen molar-refractivity contribution in [3.63, 3.8) is 0 Å². The van der Waals surface area contributed by atoms with Gasteiger partial charge in [0.25, 0.3) is 5.91 Å². The first-order chi connectivity index (χ1) is 14.3. The van der Waals surface area contributed by atoms with E-state index in [4.69, 9.17) is 27.6 Å². The number of hydrogen-bond acceptors (Lipinski definition) is 4. The van der Waals surface area contributed by atoms with Gasteiger partial charge in [0.05, 0.1) is 12.5 Å². The fourth-order valence-electron chi connectivity index (χ4n) is 3.01. The van der Waals surface area contributed by atoms with Gasteiger partial charge in [-0.2, -0.15) is 0 Å². The fraction of sp³-hybridized carbons (Fsp3) is 0.227. The van der Waals surface area contributed by atoms with Crippen LogP contribution in [-0.4, -0.2) is 22.0 Å². The molecule has 0 spiro atoms. The van der Waals surface area contributed by atoms with Gasteiger partial charge in [0.15, 0.2) is 5.69 Å². The van der Waals surface area contributed by atoms with E-state index in [9.17, 15) is 14.7 Å². The fourth-order valence-corrected chi connectivity index (χ4v) is 3.55. The molecule has 0 fully saturated rings. The third-order valence-corrected chi connectivity index (χ3v) is 5.00. The van der Waals surface area contributed by atoms with Gasteiger partial charge in [0, 0.05) is 21.5 Å². The van der Waals surface area contributed by atoms with Crippen molar-refractivity contribution in [2.24, 2.45) is 0 Å². The monoisotopic (exact) mass is 446 g/mol. The Morgan fingerprint density at radius 1 is 1.13 bits per heavy atom. The van der Waals surface area contributed by atoms with E-state index in [1.54, 1.807) is 12.1 Å². The van der Waals surface area contributed by atoms with Crippen molar-refractivity contribution in [1.82, 2.24) is 10.3 Å². The quantitative estimate of drug-likeness (QED) is 0.484. The Kier molecular flexibility index (Phi) is 6.80. The van der Waals surface area contributed by atoms with Gasteiger partial charge in [-0.25, -0.2) is 4.98 Å². The van der Waals surface area contributed by atoms with E-state index in [0.717, 1.165) is 5.56 Å². The molecule has 2 aromatic carbocycles. The number of carbonyl (C=O) groups is 2. The summed E-state index contributed by atoms with van der Waals surface area (Å²) < 4.78 is 5.86. The summed E-state index contributed by atoms with van der Waals surface area (Å²) in [7, 11) is 0. The standard InChI is InChI=1S/C22H20Cl2N2O4/c1-12(2)20-19(26-22(30-20)13-6-4-3-5-7-13)21(29)25-17(11-18(27)28)15-9-8-14(23)10-16(15)24/h3-10,12,17H,11H2,1-2H3,(H,25,29)(H,27,28). The Balaban J connectivity index is 1.95. The Morgan fingerprint density at radius 2 is 1.83 bits per heavy atom. The van der Waals surface area contributed by atoms with Crippen molar-refractivity contribution < 1.29 is 19.1 Å². The zero-order valence-corrected chi connectivity index (χ0v) is 17.9. The van der Waals surface area contributed by atoms with Crippen LogP contribution in [0.15, 0.2) is 52.9 Å². The van der Waals surface area contributed by atoms with E-state index in [-0.39, 0.29) is 23.1 Å². The van der Waals surface area contributed by atoms with Crippen LogP contribution in [0.4, 0.5) is 0 Å². The van der Waals surface area contributed by atoms with Gasteiger partial charge in [0.2, 0.25) is 5.89 Å². The molecule has 156 valence electrons. The third-order valence-electron chi connectivity index (χ3n) is 4.44. The minimum atomic E-state index is -1.08. The number of carboxylic acid groups (broad SMARTS) is 1. The summed E-state index contributed by atoms with van der Waals surface area (Å²) in [5, 5.41) is 12.7. The number of rotatable bonds is 7. The molecule has 0 aliphatic carbocycles. The molecule has 0 bridgehead atoms. The largest absolute Gasteiger partial charge is 0.481 e. The normalized spacial score (nSPS) is 12.0. The molecule has 6 nitrogen and oxygen atoms in total. The smallest absolute Gasteiger partial charge is 0.305 e. The lowest BCUT2D eigenvalue weighted by atomic mass is 10.0. The van der Waals surface area contributed by atoms with Crippen LogP contribution in [0.2, 0.25) is 10.0 Å². The molecule has 3 aromatic rings. The van der Waals surface area contributed by atoms with Crippen LogP contribution in [0.1, 0.15) is 54.0 Å². The predicted octanol–water partition coefficient (Wildman–Crippen LogP) is 5.72. The second kappa shape index (κ2) is 9.32. The number of oxazole rings is 1. The number of nitrogens with one attached hydrogen (secondary N) is 1. The highest BCUT2D eigenvalue weighted by atomic mass is 35.5. The molecule has 1 unspecified atom stereocenters. The number of amides is 1. The van der Waals surface area contributed by atoms with Gasteiger partial charge in [-0.1, -0.05) is 61.3 Å². The second-order valence-electron chi connectivity index (χ2n) is 7.04. The molecule has 0 radical (unpaired) electrons. The maximum atomic E-state index is 13.1. The Hall–Kier alpha value is -2.83. The first-order valence-electron chi connectivity index (χ1n) is 9.30. The Morgan fingerprint density at radius 3 is 2.43 bits per heavy atom. The van der Waals surface area contributed by atoms with Crippen molar-refractivity contribution in [3.8, 4) is 11.5 Å². The lowest BCUT2D eigenvalue weighted by Crippen LogP contribution is -2.31. The highest BCUT2D eigenvalue weighted by Gasteiger charge is 2.27. The van der Waals surface area contributed by atoms with Crippen LogP contribution in [0.3, 0.4) is 0 Å². The van der Waals surface area contributed by atoms with Gasteiger partial charge in [-0.05, 0) is 29.8 Å². The first-order valence-corrected chi connectivity index (χ1v) is 10.1. The molecule has 1 aromatic heterocycles. The first kappa shape index (κ1) is 21.9. The van der Waals surface area contributed by atoms with E-state index in [0.29, 0.717) is 22.2 Å². The van der Waals surface area contributed by atoms with Gasteiger partial charge in [-0.3, -0.25) is 9.59 Å². The third kappa shape index (κ3) is 5.01. The predicted molar refractivity (Wildman–Crippen MR) is 115 cm³/mol. The summed E-state index contributed by atoms with van der Waals surface area (Å²) >= 11 is 12.2. The van der Waals surface area contributed by atoms with Crippen molar-refractivity contribution in [3.05, 3.63) is 75.6 Å². The molecule has 1 heterocycles. The van der Waals surface area contributed by atoms with Crippen LogP contribution >= 0.6 is 23.2 Å². The van der Waals surface area contributed by atoms with Crippen molar-refractivity contribution in [2.75, 3.05) is 0 Å². The van der Waals surface area contributed by atoms with E-state index in [1.807, 2.05) is 44.2 Å². The second-order valence-corrected chi connectivity index (χ2v) is 7.89. The molecule has 3 rings (SSSR count). The Bertz CT molecular complexity index is 1060. The van der Waals surface area contributed by atoms with Gasteiger partial charge in [-0.15, -0.1) is 0 Å². The maximum Gasteiger partial charge on any atom is 0.305 e.